The molecule has 0 saturated heterocycles. The number of carbonyl (C=O) groups is 2. The van der Waals surface area contributed by atoms with Crippen LogP contribution in [-0.4, -0.2) is 24.2 Å². The zero-order chi connectivity index (χ0) is 12.3. The number of nitrogens with two attached hydrogens (primary N) is 1. The van der Waals surface area contributed by atoms with Gasteiger partial charge in [0.25, 0.3) is 0 Å². The molecule has 3 N–H and O–H groups in total. The van der Waals surface area contributed by atoms with Crippen LogP contribution in [0, 0.1) is 10.8 Å². The van der Waals surface area contributed by atoms with Crippen molar-refractivity contribution in [1.29, 1.82) is 0 Å². The first kappa shape index (κ1) is 14.2. The normalized spacial score (nSPS) is 12.3. The lowest BCUT2D eigenvalue weighted by Crippen LogP contribution is -2.46. The minimum absolute atomic E-state index is 0.174. The Kier molecular flexibility index (Phi) is 4.59. The van der Waals surface area contributed by atoms with Crippen molar-refractivity contribution in [2.45, 2.75) is 27.7 Å². The van der Waals surface area contributed by atoms with E-state index in [1.807, 2.05) is 0 Å². The summed E-state index contributed by atoms with van der Waals surface area (Å²) in [5.41, 5.74) is 3.81. The fourth-order valence-electron chi connectivity index (χ4n) is 0.688. The van der Waals surface area contributed by atoms with Gasteiger partial charge >= 0.3 is 0 Å². The highest BCUT2D eigenvalue weighted by Gasteiger charge is 2.30. The van der Waals surface area contributed by atoms with Crippen LogP contribution in [0.25, 0.3) is 0 Å². The number of halogens is 1. The van der Waals surface area contributed by atoms with Crippen molar-refractivity contribution < 1.29 is 9.59 Å². The first-order valence-electron chi connectivity index (χ1n) is 4.77. The smallest absolute Gasteiger partial charge is 0.226 e. The maximum Gasteiger partial charge on any atom is 0.226 e. The number of hydrogen-bond donors (Lipinski definition) is 2. The van der Waals surface area contributed by atoms with E-state index in [9.17, 15) is 9.59 Å². The van der Waals surface area contributed by atoms with Crippen LogP contribution in [0.1, 0.15) is 27.7 Å². The third-order valence-electron chi connectivity index (χ3n) is 2.31. The van der Waals surface area contributed by atoms with Gasteiger partial charge in [-0.05, 0) is 27.7 Å². The summed E-state index contributed by atoms with van der Waals surface area (Å²) < 4.78 is 0. The molecule has 2 amide bonds. The van der Waals surface area contributed by atoms with Crippen molar-refractivity contribution in [1.82, 2.24) is 5.32 Å². The lowest BCUT2D eigenvalue weighted by atomic mass is 9.90. The predicted molar refractivity (Wildman–Crippen MR) is 60.5 cm³/mol. The van der Waals surface area contributed by atoms with Gasteiger partial charge in [-0.2, -0.15) is 0 Å². The Bertz CT molecular complexity index is 262. The molecular formula is C10H19ClN2O2. The Morgan fingerprint density at radius 3 is 2.00 bits per heavy atom. The molecule has 0 rings (SSSR count). The van der Waals surface area contributed by atoms with E-state index < -0.39 is 16.7 Å². The van der Waals surface area contributed by atoms with Gasteiger partial charge in [-0.3, -0.25) is 9.59 Å². The molecule has 88 valence electrons. The summed E-state index contributed by atoms with van der Waals surface area (Å²) in [5.74, 6) is -0.381. The average molecular weight is 235 g/mol. The Hall–Kier alpha value is -0.770. The number of amides is 2. The molecule has 0 heterocycles. The van der Waals surface area contributed by atoms with Crippen molar-refractivity contribution in [3.8, 4) is 0 Å². The highest BCUT2D eigenvalue weighted by molar-refractivity contribution is 6.19. The van der Waals surface area contributed by atoms with Gasteiger partial charge in [0, 0.05) is 12.4 Å². The standard InChI is InChI=1S/C10H19ClN2O2/c1-9(2,5-11)8(15)13-6-10(3,4)7(12)14/h5-6H2,1-4H3,(H2,12,14)(H,13,15). The summed E-state index contributed by atoms with van der Waals surface area (Å²) in [7, 11) is 0. The Labute approximate surface area is 95.5 Å². The van der Waals surface area contributed by atoms with E-state index >= 15 is 0 Å². The number of hydrogen-bond acceptors (Lipinski definition) is 2. The molecule has 0 radical (unpaired) electrons. The SMILES string of the molecule is CC(C)(CNC(=O)C(C)(C)CCl)C(N)=O. The molecule has 0 spiro atoms. The molecule has 0 unspecified atom stereocenters. The van der Waals surface area contributed by atoms with Crippen LogP contribution in [0.15, 0.2) is 0 Å². The van der Waals surface area contributed by atoms with Gasteiger partial charge < -0.3 is 11.1 Å². The maximum absolute atomic E-state index is 11.6. The minimum atomic E-state index is -0.738. The fraction of sp³-hybridized carbons (Fsp3) is 0.800. The van der Waals surface area contributed by atoms with Gasteiger partial charge in [0.2, 0.25) is 11.8 Å². The van der Waals surface area contributed by atoms with Gasteiger partial charge in [-0.25, -0.2) is 0 Å². The van der Waals surface area contributed by atoms with Crippen LogP contribution in [0.2, 0.25) is 0 Å². The van der Waals surface area contributed by atoms with Crippen molar-refractivity contribution in [3.05, 3.63) is 0 Å². The summed E-state index contributed by atoms with van der Waals surface area (Å²) in [5, 5.41) is 2.67. The lowest BCUT2D eigenvalue weighted by molar-refractivity contribution is -0.130. The number of primary amides is 1. The quantitative estimate of drug-likeness (QED) is 0.694. The average Bonchev–Trinajstić information content (AvgIpc) is 2.13. The van der Waals surface area contributed by atoms with Crippen molar-refractivity contribution in [2.24, 2.45) is 16.6 Å². The second-order valence-corrected chi connectivity index (χ2v) is 5.22. The van der Waals surface area contributed by atoms with Gasteiger partial charge in [0.1, 0.15) is 0 Å². The Morgan fingerprint density at radius 2 is 1.67 bits per heavy atom. The molecular weight excluding hydrogens is 216 g/mol. The second kappa shape index (κ2) is 4.84. The first-order valence-corrected chi connectivity index (χ1v) is 5.31. The molecule has 0 aliphatic rings. The van der Waals surface area contributed by atoms with Gasteiger partial charge in [0.15, 0.2) is 0 Å². The molecule has 0 aliphatic carbocycles. The maximum atomic E-state index is 11.6. The Morgan fingerprint density at radius 1 is 1.20 bits per heavy atom. The molecule has 0 aliphatic heterocycles. The number of alkyl halides is 1. The van der Waals surface area contributed by atoms with Crippen LogP contribution in [-0.2, 0) is 9.59 Å². The minimum Gasteiger partial charge on any atom is -0.369 e. The van der Waals surface area contributed by atoms with E-state index in [0.717, 1.165) is 0 Å². The van der Waals surface area contributed by atoms with Crippen LogP contribution in [0.4, 0.5) is 0 Å². The molecule has 0 saturated carbocycles. The molecule has 4 nitrogen and oxygen atoms in total. The third-order valence-corrected chi connectivity index (χ3v) is 2.97. The highest BCUT2D eigenvalue weighted by atomic mass is 35.5. The molecule has 5 heteroatoms. The fourth-order valence-corrected chi connectivity index (χ4v) is 0.810. The van der Waals surface area contributed by atoms with Crippen molar-refractivity contribution in [3.63, 3.8) is 0 Å². The first-order chi connectivity index (χ1) is 6.63. The monoisotopic (exact) mass is 234 g/mol. The number of nitrogens with one attached hydrogen (secondary N) is 1. The summed E-state index contributed by atoms with van der Waals surface area (Å²) in [6.07, 6.45) is 0. The van der Waals surface area contributed by atoms with Crippen molar-refractivity contribution >= 4 is 23.4 Å². The van der Waals surface area contributed by atoms with Gasteiger partial charge in [-0.15, -0.1) is 11.6 Å². The molecule has 0 aromatic heterocycles. The molecule has 0 aromatic rings. The van der Waals surface area contributed by atoms with E-state index in [0.29, 0.717) is 0 Å². The Balaban J connectivity index is 4.30. The lowest BCUT2D eigenvalue weighted by Gasteiger charge is -2.25. The van der Waals surface area contributed by atoms with Crippen LogP contribution in [0.5, 0.6) is 0 Å². The summed E-state index contributed by atoms with van der Waals surface area (Å²) in [6, 6.07) is 0. The molecule has 15 heavy (non-hydrogen) atoms. The molecule has 0 fully saturated rings. The largest absolute Gasteiger partial charge is 0.369 e. The van der Waals surface area contributed by atoms with E-state index in [-0.39, 0.29) is 18.3 Å². The van der Waals surface area contributed by atoms with E-state index in [1.165, 1.54) is 0 Å². The summed E-state index contributed by atoms with van der Waals surface area (Å²) in [4.78, 5) is 22.6. The summed E-state index contributed by atoms with van der Waals surface area (Å²) >= 11 is 5.65. The van der Waals surface area contributed by atoms with Gasteiger partial charge in [0.05, 0.1) is 10.8 Å². The molecule has 0 bridgehead atoms. The van der Waals surface area contributed by atoms with Crippen LogP contribution < -0.4 is 11.1 Å². The van der Waals surface area contributed by atoms with Crippen LogP contribution in [0.3, 0.4) is 0 Å². The molecule has 0 atom stereocenters. The topological polar surface area (TPSA) is 72.2 Å². The van der Waals surface area contributed by atoms with E-state index in [4.69, 9.17) is 17.3 Å². The predicted octanol–water partition coefficient (Wildman–Crippen LogP) is 0.879. The third kappa shape index (κ3) is 4.08. The number of carbonyl (C=O) groups excluding carboxylic acids is 2. The zero-order valence-electron chi connectivity index (χ0n) is 9.69. The number of rotatable bonds is 5. The van der Waals surface area contributed by atoms with Crippen molar-refractivity contribution in [2.75, 3.05) is 12.4 Å². The second-order valence-electron chi connectivity index (χ2n) is 4.95. The highest BCUT2D eigenvalue weighted by Crippen LogP contribution is 2.18. The van der Waals surface area contributed by atoms with Gasteiger partial charge in [-0.1, -0.05) is 0 Å². The summed E-state index contributed by atoms with van der Waals surface area (Å²) in [6.45, 7) is 7.08. The van der Waals surface area contributed by atoms with Crippen LogP contribution >= 0.6 is 11.6 Å². The van der Waals surface area contributed by atoms with E-state index in [2.05, 4.69) is 5.32 Å². The molecule has 0 aromatic carbocycles. The zero-order valence-corrected chi connectivity index (χ0v) is 10.4. The van der Waals surface area contributed by atoms with E-state index in [1.54, 1.807) is 27.7 Å².